The number of halogens is 4. The maximum absolute atomic E-state index is 13.2. The van der Waals surface area contributed by atoms with Gasteiger partial charge in [-0.2, -0.15) is 13.2 Å². The van der Waals surface area contributed by atoms with Crippen LogP contribution in [0.5, 0.6) is 0 Å². The van der Waals surface area contributed by atoms with Crippen LogP contribution in [0.4, 0.5) is 34.9 Å². The molecule has 0 fully saturated rings. The molecule has 2 aromatic rings. The summed E-state index contributed by atoms with van der Waals surface area (Å²) in [5.41, 5.74) is -0.413. The van der Waals surface area contributed by atoms with E-state index in [9.17, 15) is 17.6 Å². The van der Waals surface area contributed by atoms with Crippen LogP contribution in [0.1, 0.15) is 5.56 Å². The molecule has 112 valence electrons. The van der Waals surface area contributed by atoms with Gasteiger partial charge in [-0.3, -0.25) is 0 Å². The summed E-state index contributed by atoms with van der Waals surface area (Å²) in [5.74, 6) is -0.317. The Morgan fingerprint density at radius 1 is 1.14 bits per heavy atom. The molecular weight excluding hydrogens is 286 g/mol. The molecule has 1 N–H and O–H groups in total. The molecule has 2 rings (SSSR count). The van der Waals surface area contributed by atoms with Crippen molar-refractivity contribution in [1.82, 2.24) is 4.98 Å². The van der Waals surface area contributed by atoms with Gasteiger partial charge in [-0.05, 0) is 30.3 Å². The molecule has 3 nitrogen and oxygen atoms in total. The Morgan fingerprint density at radius 3 is 2.43 bits per heavy atom. The molecule has 1 heterocycles. The first-order chi connectivity index (χ1) is 9.81. The molecule has 0 aliphatic carbocycles. The maximum atomic E-state index is 13.2. The lowest BCUT2D eigenvalue weighted by Gasteiger charge is -2.20. The van der Waals surface area contributed by atoms with Crippen LogP contribution in [0.2, 0.25) is 0 Å². The number of anilines is 3. The quantitative estimate of drug-likeness (QED) is 0.867. The van der Waals surface area contributed by atoms with Crippen molar-refractivity contribution in [2.45, 2.75) is 6.18 Å². The summed E-state index contributed by atoms with van der Waals surface area (Å²) in [6.45, 7) is 0. The van der Waals surface area contributed by atoms with Crippen molar-refractivity contribution in [3.8, 4) is 0 Å². The minimum absolute atomic E-state index is 0.0692. The Hall–Kier alpha value is -2.31. The van der Waals surface area contributed by atoms with Gasteiger partial charge in [-0.1, -0.05) is 6.07 Å². The van der Waals surface area contributed by atoms with E-state index in [4.69, 9.17) is 0 Å². The monoisotopic (exact) mass is 299 g/mol. The second kappa shape index (κ2) is 5.59. The number of rotatable bonds is 3. The molecule has 1 aromatic carbocycles. The lowest BCUT2D eigenvalue weighted by atomic mass is 10.2. The highest BCUT2D eigenvalue weighted by Crippen LogP contribution is 2.34. The first-order valence-corrected chi connectivity index (χ1v) is 6.07. The fraction of sp³-hybridized carbons (Fsp3) is 0.214. The van der Waals surface area contributed by atoms with Gasteiger partial charge < -0.3 is 10.2 Å². The third-order valence-corrected chi connectivity index (χ3v) is 2.93. The molecule has 1 aromatic heterocycles. The Kier molecular flexibility index (Phi) is 4.02. The van der Waals surface area contributed by atoms with Gasteiger partial charge in [0.2, 0.25) is 0 Å². The molecule has 0 aliphatic heterocycles. The SMILES string of the molecule is CNc1cc(C(F)(F)F)cc(N(C)c2cccc(F)c2)n1. The van der Waals surface area contributed by atoms with E-state index in [1.165, 1.54) is 37.2 Å². The van der Waals surface area contributed by atoms with Crippen LogP contribution in [0.25, 0.3) is 0 Å². The van der Waals surface area contributed by atoms with Gasteiger partial charge in [0, 0.05) is 19.8 Å². The van der Waals surface area contributed by atoms with E-state index in [0.29, 0.717) is 5.69 Å². The number of pyridine rings is 1. The van der Waals surface area contributed by atoms with Crippen molar-refractivity contribution in [2.24, 2.45) is 0 Å². The Balaban J connectivity index is 2.47. The summed E-state index contributed by atoms with van der Waals surface area (Å²) in [5, 5.41) is 2.59. The number of alkyl halides is 3. The highest BCUT2D eigenvalue weighted by atomic mass is 19.4. The van der Waals surface area contributed by atoms with Crippen LogP contribution in [-0.2, 0) is 6.18 Å². The predicted octanol–water partition coefficient (Wildman–Crippen LogP) is 4.05. The summed E-state index contributed by atoms with van der Waals surface area (Å²) in [6, 6.07) is 7.39. The normalized spacial score (nSPS) is 11.3. The first-order valence-electron chi connectivity index (χ1n) is 6.07. The van der Waals surface area contributed by atoms with Gasteiger partial charge in [-0.25, -0.2) is 9.37 Å². The predicted molar refractivity (Wildman–Crippen MR) is 73.2 cm³/mol. The molecule has 21 heavy (non-hydrogen) atoms. The van der Waals surface area contributed by atoms with Gasteiger partial charge >= 0.3 is 6.18 Å². The average Bonchev–Trinajstić information content (AvgIpc) is 2.45. The van der Waals surface area contributed by atoms with Crippen LogP contribution in [0.15, 0.2) is 36.4 Å². The molecule has 0 unspecified atom stereocenters. The van der Waals surface area contributed by atoms with Crippen molar-refractivity contribution in [2.75, 3.05) is 24.3 Å². The van der Waals surface area contributed by atoms with E-state index in [0.717, 1.165) is 12.1 Å². The molecule has 0 spiro atoms. The second-order valence-electron chi connectivity index (χ2n) is 4.39. The zero-order valence-electron chi connectivity index (χ0n) is 11.4. The van der Waals surface area contributed by atoms with Gasteiger partial charge in [0.25, 0.3) is 0 Å². The Labute approximate surface area is 119 Å². The zero-order chi connectivity index (χ0) is 15.6. The second-order valence-corrected chi connectivity index (χ2v) is 4.39. The number of hydrogen-bond donors (Lipinski definition) is 1. The van der Waals surface area contributed by atoms with Crippen molar-refractivity contribution >= 4 is 17.3 Å². The summed E-state index contributed by atoms with van der Waals surface area (Å²) < 4.78 is 51.9. The van der Waals surface area contributed by atoms with E-state index in [-0.39, 0.29) is 11.6 Å². The summed E-state index contributed by atoms with van der Waals surface area (Å²) in [6.07, 6.45) is -4.48. The van der Waals surface area contributed by atoms with Crippen LogP contribution in [-0.4, -0.2) is 19.1 Å². The number of hydrogen-bond acceptors (Lipinski definition) is 3. The van der Waals surface area contributed by atoms with Crippen molar-refractivity contribution in [1.29, 1.82) is 0 Å². The zero-order valence-corrected chi connectivity index (χ0v) is 11.4. The number of nitrogens with zero attached hydrogens (tertiary/aromatic N) is 2. The Morgan fingerprint density at radius 2 is 1.86 bits per heavy atom. The minimum Gasteiger partial charge on any atom is -0.373 e. The van der Waals surface area contributed by atoms with Crippen molar-refractivity contribution < 1.29 is 17.6 Å². The molecule has 0 bridgehead atoms. The highest BCUT2D eigenvalue weighted by molar-refractivity contribution is 5.62. The number of aromatic nitrogens is 1. The average molecular weight is 299 g/mol. The van der Waals surface area contributed by atoms with Crippen LogP contribution < -0.4 is 10.2 Å². The van der Waals surface area contributed by atoms with E-state index in [1.807, 2.05) is 0 Å². The lowest BCUT2D eigenvalue weighted by molar-refractivity contribution is -0.137. The largest absolute Gasteiger partial charge is 0.416 e. The molecule has 0 saturated carbocycles. The maximum Gasteiger partial charge on any atom is 0.416 e. The number of nitrogens with one attached hydrogen (secondary N) is 1. The molecule has 0 radical (unpaired) electrons. The third-order valence-electron chi connectivity index (χ3n) is 2.93. The van der Waals surface area contributed by atoms with Gasteiger partial charge in [0.05, 0.1) is 5.56 Å². The van der Waals surface area contributed by atoms with Crippen LogP contribution in [0, 0.1) is 5.82 Å². The molecule has 0 saturated heterocycles. The van der Waals surface area contributed by atoms with Crippen LogP contribution in [0.3, 0.4) is 0 Å². The first kappa shape index (κ1) is 15.1. The fourth-order valence-corrected chi connectivity index (χ4v) is 1.80. The lowest BCUT2D eigenvalue weighted by Crippen LogP contribution is -2.15. The van der Waals surface area contributed by atoms with E-state index in [1.54, 1.807) is 6.07 Å². The third kappa shape index (κ3) is 3.42. The standard InChI is InChI=1S/C14H13F4N3/c1-19-12-6-9(14(16,17)18)7-13(20-12)21(2)11-5-3-4-10(15)8-11/h3-8H,1-2H3,(H,19,20). The van der Waals surface area contributed by atoms with Gasteiger partial charge in [-0.15, -0.1) is 0 Å². The number of benzene rings is 1. The highest BCUT2D eigenvalue weighted by Gasteiger charge is 2.32. The van der Waals surface area contributed by atoms with Gasteiger partial charge in [0.15, 0.2) is 0 Å². The minimum atomic E-state index is -4.48. The van der Waals surface area contributed by atoms with E-state index >= 15 is 0 Å². The smallest absolute Gasteiger partial charge is 0.373 e. The molecule has 7 heteroatoms. The fourth-order valence-electron chi connectivity index (χ4n) is 1.80. The van der Waals surface area contributed by atoms with Gasteiger partial charge in [0.1, 0.15) is 17.5 Å². The van der Waals surface area contributed by atoms with E-state index in [2.05, 4.69) is 10.3 Å². The van der Waals surface area contributed by atoms with Crippen LogP contribution >= 0.6 is 0 Å². The molecule has 0 aliphatic rings. The summed E-state index contributed by atoms with van der Waals surface area (Å²) >= 11 is 0. The molecule has 0 atom stereocenters. The van der Waals surface area contributed by atoms with E-state index < -0.39 is 17.6 Å². The topological polar surface area (TPSA) is 28.2 Å². The molecule has 0 amide bonds. The Bertz CT molecular complexity index is 640. The van der Waals surface area contributed by atoms with Crippen molar-refractivity contribution in [3.63, 3.8) is 0 Å². The summed E-state index contributed by atoms with van der Waals surface area (Å²) in [7, 11) is 3.01. The molecular formula is C14H13F4N3. The summed E-state index contributed by atoms with van der Waals surface area (Å²) in [4.78, 5) is 5.45. The van der Waals surface area contributed by atoms with Crippen molar-refractivity contribution in [3.05, 3.63) is 47.8 Å².